The fraction of sp³-hybridized carbons (Fsp3) is 0.185. The number of hydroxylamine groups is 1. The molecule has 2 heterocycles. The van der Waals surface area contributed by atoms with E-state index < -0.39 is 27.5 Å². The number of ether oxygens (including phenoxy) is 1. The maximum atomic E-state index is 13.7. The van der Waals surface area contributed by atoms with E-state index in [1.54, 1.807) is 30.3 Å². The van der Waals surface area contributed by atoms with Crippen molar-refractivity contribution in [3.05, 3.63) is 106 Å². The van der Waals surface area contributed by atoms with E-state index in [4.69, 9.17) is 4.74 Å². The lowest BCUT2D eigenvalue weighted by Crippen LogP contribution is -2.48. The molecule has 1 aromatic heterocycles. The quantitative estimate of drug-likeness (QED) is 0.257. The second-order valence-corrected chi connectivity index (χ2v) is 10.9. The number of carbonyl (C=O) groups excluding carboxylic acids is 1. The summed E-state index contributed by atoms with van der Waals surface area (Å²) in [5, 5.41) is 12.4. The molecule has 0 bridgehead atoms. The second kappa shape index (κ2) is 9.93. The highest BCUT2D eigenvalue weighted by atomic mass is 32.2. The molecule has 1 aliphatic rings. The van der Waals surface area contributed by atoms with Crippen LogP contribution in [-0.2, 0) is 21.2 Å². The van der Waals surface area contributed by atoms with E-state index in [1.165, 1.54) is 34.4 Å². The first-order valence-electron chi connectivity index (χ1n) is 11.9. The summed E-state index contributed by atoms with van der Waals surface area (Å²) in [6, 6.07) is 18.7. The van der Waals surface area contributed by atoms with Gasteiger partial charge in [0.1, 0.15) is 17.5 Å². The van der Waals surface area contributed by atoms with Crippen LogP contribution in [0.5, 0.6) is 11.5 Å². The van der Waals surface area contributed by atoms with Crippen molar-refractivity contribution in [2.24, 2.45) is 0 Å². The lowest BCUT2D eigenvalue weighted by atomic mass is 10.0. The zero-order valence-electron chi connectivity index (χ0n) is 20.7. The van der Waals surface area contributed by atoms with Crippen molar-refractivity contribution in [1.29, 1.82) is 0 Å². The van der Waals surface area contributed by atoms with E-state index in [1.807, 2.05) is 32.0 Å². The van der Waals surface area contributed by atoms with Gasteiger partial charge in [0.05, 0.1) is 16.1 Å². The second-order valence-electron chi connectivity index (χ2n) is 9.00. The summed E-state index contributed by atoms with van der Waals surface area (Å²) in [6.07, 6.45) is 0.173. The predicted octanol–water partition coefficient (Wildman–Crippen LogP) is 3.37. The number of carbonyl (C=O) groups is 1. The molecule has 3 aromatic carbocycles. The number of benzene rings is 3. The van der Waals surface area contributed by atoms with Gasteiger partial charge in [-0.3, -0.25) is 19.9 Å². The maximum Gasteiger partial charge on any atom is 0.276 e. The largest absolute Gasteiger partial charge is 0.457 e. The highest BCUT2D eigenvalue weighted by Gasteiger charge is 2.43. The number of sulfonamides is 1. The number of hydrogen-bond donors (Lipinski definition) is 3. The van der Waals surface area contributed by atoms with Gasteiger partial charge in [0.15, 0.2) is 0 Å². The van der Waals surface area contributed by atoms with Crippen LogP contribution >= 0.6 is 0 Å². The number of nitrogens with one attached hydrogen (secondary N) is 2. The first-order chi connectivity index (χ1) is 18.2. The molecule has 1 aliphatic heterocycles. The third kappa shape index (κ3) is 4.40. The first kappa shape index (κ1) is 25.5. The Kier molecular flexibility index (Phi) is 6.66. The Morgan fingerprint density at radius 2 is 1.74 bits per heavy atom. The number of aromatic amines is 1. The van der Waals surface area contributed by atoms with Crippen LogP contribution in [0.15, 0.2) is 82.5 Å². The summed E-state index contributed by atoms with van der Waals surface area (Å²) >= 11 is 0. The Balaban J connectivity index is 1.49. The number of rotatable bonds is 6. The highest BCUT2D eigenvalue weighted by Crippen LogP contribution is 2.34. The minimum absolute atomic E-state index is 0.0369. The Hall–Kier alpha value is -4.19. The zero-order valence-corrected chi connectivity index (χ0v) is 21.5. The lowest BCUT2D eigenvalue weighted by molar-refractivity contribution is -0.133. The molecule has 0 spiro atoms. The van der Waals surface area contributed by atoms with Gasteiger partial charge in [0, 0.05) is 18.7 Å². The molecule has 4 aromatic rings. The Labute approximate surface area is 219 Å². The van der Waals surface area contributed by atoms with Gasteiger partial charge in [0.2, 0.25) is 10.0 Å². The molecular weight excluding hydrogens is 508 g/mol. The van der Waals surface area contributed by atoms with Gasteiger partial charge in [-0.2, -0.15) is 4.31 Å². The van der Waals surface area contributed by atoms with Crippen molar-refractivity contribution in [3.63, 3.8) is 0 Å². The number of fused-ring (bicyclic) bond motifs is 1. The normalized spacial score (nSPS) is 15.6. The summed E-state index contributed by atoms with van der Waals surface area (Å²) in [6.45, 7) is 3.83. The standard InChI is InChI=1S/C27H26N4O6S/c1-17-7-6-10-23(18(17)2)37-20-11-13-21(14-12-20)38(35,36)30-16-15-22-24(25(30)26(32)29-34)27(33)31(28-22)19-8-4-3-5-9-19/h3-14,25,28,34H,15-16H2,1-2H3,(H,29,32). The summed E-state index contributed by atoms with van der Waals surface area (Å²) in [4.78, 5) is 26.1. The third-order valence-corrected chi connectivity index (χ3v) is 8.61. The Morgan fingerprint density at radius 3 is 2.42 bits per heavy atom. The minimum atomic E-state index is -4.24. The van der Waals surface area contributed by atoms with Crippen molar-refractivity contribution in [1.82, 2.24) is 19.6 Å². The monoisotopic (exact) mass is 534 g/mol. The fourth-order valence-corrected chi connectivity index (χ4v) is 6.14. The van der Waals surface area contributed by atoms with Crippen LogP contribution in [0.4, 0.5) is 0 Å². The Morgan fingerprint density at radius 1 is 1.03 bits per heavy atom. The molecular formula is C27H26N4O6S. The molecule has 0 fully saturated rings. The molecule has 196 valence electrons. The van der Waals surface area contributed by atoms with Crippen molar-refractivity contribution in [2.45, 2.75) is 31.2 Å². The van der Waals surface area contributed by atoms with Gasteiger partial charge in [-0.15, -0.1) is 0 Å². The average Bonchev–Trinajstić information content (AvgIpc) is 3.27. The molecule has 10 nitrogen and oxygen atoms in total. The van der Waals surface area contributed by atoms with Gasteiger partial charge in [-0.1, -0.05) is 30.3 Å². The number of H-pyrrole nitrogens is 1. The number of para-hydroxylation sites is 1. The van der Waals surface area contributed by atoms with Gasteiger partial charge in [0.25, 0.3) is 11.5 Å². The molecule has 11 heteroatoms. The number of amides is 1. The molecule has 3 N–H and O–H groups in total. The van der Waals surface area contributed by atoms with Crippen LogP contribution in [0.2, 0.25) is 0 Å². The van der Waals surface area contributed by atoms with Crippen LogP contribution in [0.25, 0.3) is 5.69 Å². The van der Waals surface area contributed by atoms with Crippen LogP contribution < -0.4 is 15.8 Å². The zero-order chi connectivity index (χ0) is 27.0. The van der Waals surface area contributed by atoms with Crippen LogP contribution in [0, 0.1) is 13.8 Å². The predicted molar refractivity (Wildman–Crippen MR) is 139 cm³/mol. The van der Waals surface area contributed by atoms with Gasteiger partial charge >= 0.3 is 0 Å². The van der Waals surface area contributed by atoms with Gasteiger partial charge < -0.3 is 4.74 Å². The van der Waals surface area contributed by atoms with Crippen molar-refractivity contribution >= 4 is 15.9 Å². The molecule has 0 saturated heterocycles. The number of nitrogens with zero attached hydrogens (tertiary/aromatic N) is 2. The molecule has 0 aliphatic carbocycles. The molecule has 1 atom stereocenters. The smallest absolute Gasteiger partial charge is 0.276 e. The first-order valence-corrected chi connectivity index (χ1v) is 13.4. The molecule has 0 radical (unpaired) electrons. The van der Waals surface area contributed by atoms with E-state index in [2.05, 4.69) is 5.10 Å². The SMILES string of the molecule is Cc1cccc(Oc2ccc(S(=O)(=O)N3CCc4[nH]n(-c5ccccc5)c(=O)c4C3C(=O)NO)cc2)c1C. The van der Waals surface area contributed by atoms with Crippen molar-refractivity contribution in [2.75, 3.05) is 6.54 Å². The van der Waals surface area contributed by atoms with Crippen molar-refractivity contribution < 1.29 is 23.2 Å². The molecule has 0 saturated carbocycles. The molecule has 1 amide bonds. The number of hydrogen-bond acceptors (Lipinski definition) is 6. The van der Waals surface area contributed by atoms with E-state index >= 15 is 0 Å². The highest BCUT2D eigenvalue weighted by molar-refractivity contribution is 7.89. The molecule has 1 unspecified atom stereocenters. The van der Waals surface area contributed by atoms with E-state index in [0.29, 0.717) is 22.9 Å². The van der Waals surface area contributed by atoms with E-state index in [9.17, 15) is 23.2 Å². The van der Waals surface area contributed by atoms with E-state index in [0.717, 1.165) is 15.4 Å². The minimum Gasteiger partial charge on any atom is -0.457 e. The molecule has 5 rings (SSSR count). The van der Waals surface area contributed by atoms with Crippen LogP contribution in [-0.4, -0.2) is 40.2 Å². The Bertz CT molecular complexity index is 1660. The van der Waals surface area contributed by atoms with Crippen LogP contribution in [0.1, 0.15) is 28.4 Å². The topological polar surface area (TPSA) is 134 Å². The summed E-state index contributed by atoms with van der Waals surface area (Å²) < 4.78 is 35.5. The fourth-order valence-electron chi connectivity index (χ4n) is 4.58. The van der Waals surface area contributed by atoms with Gasteiger partial charge in [-0.05, 0) is 67.4 Å². The summed E-state index contributed by atoms with van der Waals surface area (Å²) in [5.74, 6) is 0.0753. The summed E-state index contributed by atoms with van der Waals surface area (Å²) in [5.41, 5.74) is 3.91. The number of aryl methyl sites for hydroxylation is 1. The van der Waals surface area contributed by atoms with Gasteiger partial charge in [-0.25, -0.2) is 18.6 Å². The molecule has 38 heavy (non-hydrogen) atoms. The average molecular weight is 535 g/mol. The maximum absolute atomic E-state index is 13.7. The van der Waals surface area contributed by atoms with Crippen molar-refractivity contribution in [3.8, 4) is 17.2 Å². The van der Waals surface area contributed by atoms with E-state index in [-0.39, 0.29) is 23.4 Å². The third-order valence-electron chi connectivity index (χ3n) is 6.73. The van der Waals surface area contributed by atoms with Crippen LogP contribution in [0.3, 0.4) is 0 Å². The summed E-state index contributed by atoms with van der Waals surface area (Å²) in [7, 11) is -4.24. The lowest BCUT2D eigenvalue weighted by Gasteiger charge is -2.32. The number of aromatic nitrogens is 2.